The molecule has 0 aliphatic heterocycles. The Kier molecular flexibility index (Phi) is 5.71. The molecule has 0 saturated heterocycles. The normalized spacial score (nSPS) is 16.0. The number of carbonyl (C=O) groups excluding carboxylic acids is 2. The number of nitrogen functional groups attached to an aromatic ring is 1. The fourth-order valence-corrected chi connectivity index (χ4v) is 3.55. The van der Waals surface area contributed by atoms with Gasteiger partial charge in [-0.3, -0.25) is 9.59 Å². The highest BCUT2D eigenvalue weighted by atomic mass is 16.2. The topological polar surface area (TPSA) is 72.2 Å². The monoisotopic (exact) mass is 350 g/mol. The van der Waals surface area contributed by atoms with E-state index < -0.39 is 0 Å². The number of rotatable bonds is 6. The van der Waals surface area contributed by atoms with E-state index in [9.17, 15) is 9.59 Å². The molecule has 136 valence electrons. The van der Waals surface area contributed by atoms with Gasteiger partial charge in [0.15, 0.2) is 5.78 Å². The van der Waals surface area contributed by atoms with Crippen molar-refractivity contribution in [3.05, 3.63) is 64.7 Å². The van der Waals surface area contributed by atoms with Crippen LogP contribution in [-0.4, -0.2) is 11.7 Å². The van der Waals surface area contributed by atoms with Gasteiger partial charge in [0.2, 0.25) is 5.91 Å². The second-order valence-electron chi connectivity index (χ2n) is 6.94. The second kappa shape index (κ2) is 8.17. The molecule has 1 atom stereocenters. The standard InChI is InChI=1S/C22H26N2O2/c1-2-15-6-8-16(9-7-15)21(25)12-13-22(26)24-20-5-3-4-17-14-18(23)10-11-19(17)20/h6-11,14,20H,2-5,12-13,23H2,1H3,(H,24,26). The van der Waals surface area contributed by atoms with Gasteiger partial charge >= 0.3 is 0 Å². The number of aryl methyl sites for hydroxylation is 2. The van der Waals surface area contributed by atoms with Gasteiger partial charge in [-0.1, -0.05) is 37.3 Å². The number of hydrogen-bond donors (Lipinski definition) is 2. The molecule has 3 rings (SSSR count). The Labute approximate surface area is 154 Å². The van der Waals surface area contributed by atoms with E-state index in [1.54, 1.807) is 0 Å². The third-order valence-electron chi connectivity index (χ3n) is 5.08. The second-order valence-corrected chi connectivity index (χ2v) is 6.94. The van der Waals surface area contributed by atoms with E-state index in [1.807, 2.05) is 42.5 Å². The highest BCUT2D eigenvalue weighted by Gasteiger charge is 2.22. The van der Waals surface area contributed by atoms with Gasteiger partial charge in [0, 0.05) is 24.1 Å². The molecule has 1 aliphatic carbocycles. The summed E-state index contributed by atoms with van der Waals surface area (Å²) in [4.78, 5) is 24.6. The Morgan fingerprint density at radius 3 is 2.62 bits per heavy atom. The zero-order chi connectivity index (χ0) is 18.5. The van der Waals surface area contributed by atoms with Crippen molar-refractivity contribution < 1.29 is 9.59 Å². The fraction of sp³-hybridized carbons (Fsp3) is 0.364. The summed E-state index contributed by atoms with van der Waals surface area (Å²) in [6.45, 7) is 2.08. The Hall–Kier alpha value is -2.62. The molecule has 26 heavy (non-hydrogen) atoms. The Balaban J connectivity index is 1.55. The Morgan fingerprint density at radius 1 is 1.12 bits per heavy atom. The first kappa shape index (κ1) is 18.2. The van der Waals surface area contributed by atoms with E-state index >= 15 is 0 Å². The van der Waals surface area contributed by atoms with Gasteiger partial charge in [0.1, 0.15) is 0 Å². The van der Waals surface area contributed by atoms with E-state index in [4.69, 9.17) is 5.73 Å². The van der Waals surface area contributed by atoms with Crippen LogP contribution in [0.15, 0.2) is 42.5 Å². The van der Waals surface area contributed by atoms with Crippen LogP contribution in [0.5, 0.6) is 0 Å². The Morgan fingerprint density at radius 2 is 1.88 bits per heavy atom. The third kappa shape index (κ3) is 4.31. The largest absolute Gasteiger partial charge is 0.399 e. The maximum Gasteiger partial charge on any atom is 0.220 e. The first-order valence-electron chi connectivity index (χ1n) is 9.36. The van der Waals surface area contributed by atoms with Gasteiger partial charge < -0.3 is 11.1 Å². The van der Waals surface area contributed by atoms with Gasteiger partial charge in [-0.25, -0.2) is 0 Å². The fourth-order valence-electron chi connectivity index (χ4n) is 3.55. The highest BCUT2D eigenvalue weighted by molar-refractivity contribution is 5.98. The van der Waals surface area contributed by atoms with Crippen molar-refractivity contribution in [2.24, 2.45) is 0 Å². The van der Waals surface area contributed by atoms with Crippen molar-refractivity contribution in [3.8, 4) is 0 Å². The summed E-state index contributed by atoms with van der Waals surface area (Å²) in [5.74, 6) is -0.0576. The number of amides is 1. The highest BCUT2D eigenvalue weighted by Crippen LogP contribution is 2.31. The number of nitrogens with two attached hydrogens (primary N) is 1. The van der Waals surface area contributed by atoms with E-state index in [-0.39, 0.29) is 30.6 Å². The van der Waals surface area contributed by atoms with Gasteiger partial charge in [0.25, 0.3) is 0 Å². The lowest BCUT2D eigenvalue weighted by Gasteiger charge is -2.26. The van der Waals surface area contributed by atoms with Crippen LogP contribution in [-0.2, 0) is 17.6 Å². The Bertz CT molecular complexity index is 796. The lowest BCUT2D eigenvalue weighted by Crippen LogP contribution is -2.31. The van der Waals surface area contributed by atoms with Crippen LogP contribution in [0.3, 0.4) is 0 Å². The SMILES string of the molecule is CCc1ccc(C(=O)CCC(=O)NC2CCCc3cc(N)ccc32)cc1. The van der Waals surface area contributed by atoms with Crippen LogP contribution in [0.4, 0.5) is 5.69 Å². The van der Waals surface area contributed by atoms with Crippen LogP contribution >= 0.6 is 0 Å². The molecule has 0 spiro atoms. The number of benzene rings is 2. The van der Waals surface area contributed by atoms with Crippen LogP contribution < -0.4 is 11.1 Å². The summed E-state index contributed by atoms with van der Waals surface area (Å²) in [6.07, 6.45) is 4.36. The van der Waals surface area contributed by atoms with Gasteiger partial charge in [0.05, 0.1) is 6.04 Å². The molecule has 0 aromatic heterocycles. The molecule has 2 aromatic carbocycles. The first-order chi connectivity index (χ1) is 12.6. The summed E-state index contributed by atoms with van der Waals surface area (Å²) in [5.41, 5.74) is 10.9. The van der Waals surface area contributed by atoms with E-state index in [0.717, 1.165) is 36.9 Å². The zero-order valence-electron chi connectivity index (χ0n) is 15.3. The number of Topliss-reactive ketones (excluding diaryl/α,β-unsaturated/α-hetero) is 1. The number of fused-ring (bicyclic) bond motifs is 1. The van der Waals surface area contributed by atoms with Crippen LogP contribution in [0.2, 0.25) is 0 Å². The quantitative estimate of drug-likeness (QED) is 0.611. The molecule has 0 fully saturated rings. The van der Waals surface area contributed by atoms with Crippen LogP contribution in [0, 0.1) is 0 Å². The number of hydrogen-bond acceptors (Lipinski definition) is 3. The van der Waals surface area contributed by atoms with Crippen molar-refractivity contribution in [3.63, 3.8) is 0 Å². The predicted octanol–water partition coefficient (Wildman–Crippen LogP) is 3.99. The van der Waals surface area contributed by atoms with E-state index in [1.165, 1.54) is 11.1 Å². The summed E-state index contributed by atoms with van der Waals surface area (Å²) in [6, 6.07) is 13.5. The van der Waals surface area contributed by atoms with Crippen molar-refractivity contribution in [1.82, 2.24) is 5.32 Å². The zero-order valence-corrected chi connectivity index (χ0v) is 15.3. The maximum absolute atomic E-state index is 12.3. The van der Waals surface area contributed by atoms with Crippen LogP contribution in [0.1, 0.15) is 65.7 Å². The lowest BCUT2D eigenvalue weighted by molar-refractivity contribution is -0.121. The maximum atomic E-state index is 12.3. The first-order valence-corrected chi connectivity index (χ1v) is 9.36. The number of ketones is 1. The predicted molar refractivity (Wildman–Crippen MR) is 104 cm³/mol. The molecule has 1 unspecified atom stereocenters. The molecule has 4 heteroatoms. The lowest BCUT2D eigenvalue weighted by atomic mass is 9.87. The molecule has 2 aromatic rings. The summed E-state index contributed by atoms with van der Waals surface area (Å²) < 4.78 is 0. The molecule has 0 radical (unpaired) electrons. The average Bonchev–Trinajstić information content (AvgIpc) is 2.66. The molecule has 3 N–H and O–H groups in total. The molecular weight excluding hydrogens is 324 g/mol. The molecule has 0 saturated carbocycles. The molecule has 0 bridgehead atoms. The third-order valence-corrected chi connectivity index (χ3v) is 5.08. The minimum atomic E-state index is -0.0711. The van der Waals surface area contributed by atoms with E-state index in [2.05, 4.69) is 12.2 Å². The average molecular weight is 350 g/mol. The smallest absolute Gasteiger partial charge is 0.220 e. The molecule has 1 aliphatic rings. The van der Waals surface area contributed by atoms with Crippen molar-refractivity contribution in [2.75, 3.05) is 5.73 Å². The molecular formula is C22H26N2O2. The minimum Gasteiger partial charge on any atom is -0.399 e. The van der Waals surface area contributed by atoms with Crippen molar-refractivity contribution >= 4 is 17.4 Å². The summed E-state index contributed by atoms with van der Waals surface area (Å²) in [5, 5.41) is 3.09. The number of carbonyl (C=O) groups is 2. The summed E-state index contributed by atoms with van der Waals surface area (Å²) in [7, 11) is 0. The van der Waals surface area contributed by atoms with Gasteiger partial charge in [-0.05, 0) is 54.5 Å². The van der Waals surface area contributed by atoms with Crippen molar-refractivity contribution in [2.45, 2.75) is 51.5 Å². The van der Waals surface area contributed by atoms with E-state index in [0.29, 0.717) is 5.56 Å². The van der Waals surface area contributed by atoms with Crippen molar-refractivity contribution in [1.29, 1.82) is 0 Å². The number of nitrogens with one attached hydrogen (secondary N) is 1. The van der Waals surface area contributed by atoms with Gasteiger partial charge in [-0.2, -0.15) is 0 Å². The number of anilines is 1. The molecule has 1 amide bonds. The molecule has 4 nitrogen and oxygen atoms in total. The van der Waals surface area contributed by atoms with Crippen LogP contribution in [0.25, 0.3) is 0 Å². The van der Waals surface area contributed by atoms with Gasteiger partial charge in [-0.15, -0.1) is 0 Å². The summed E-state index contributed by atoms with van der Waals surface area (Å²) >= 11 is 0. The minimum absolute atomic E-state index is 0.0135. The molecule has 0 heterocycles.